The molecule has 2 N–H and O–H groups in total. The highest BCUT2D eigenvalue weighted by Gasteiger charge is 2.07. The minimum absolute atomic E-state index is 0.260. The molecule has 0 saturated carbocycles. The van der Waals surface area contributed by atoms with Gasteiger partial charge in [0.1, 0.15) is 5.82 Å². The molecule has 0 radical (unpaired) electrons. The summed E-state index contributed by atoms with van der Waals surface area (Å²) in [5.74, 6) is -0.340. The quantitative estimate of drug-likeness (QED) is 0.743. The molecule has 7 heteroatoms. The minimum Gasteiger partial charge on any atom is -0.478 e. The van der Waals surface area contributed by atoms with E-state index in [-0.39, 0.29) is 5.56 Å². The molecule has 0 saturated heterocycles. The van der Waals surface area contributed by atoms with Gasteiger partial charge in [-0.1, -0.05) is 12.1 Å². The smallest absolute Gasteiger partial charge is 0.335 e. The van der Waals surface area contributed by atoms with Crippen molar-refractivity contribution in [2.75, 3.05) is 11.9 Å². The lowest BCUT2D eigenvalue weighted by molar-refractivity contribution is 0.0696. The molecule has 2 aromatic heterocycles. The zero-order valence-corrected chi connectivity index (χ0v) is 11.3. The summed E-state index contributed by atoms with van der Waals surface area (Å²) in [6.45, 7) is 3.40. The number of aryl methyl sites for hydroxylation is 2. The van der Waals surface area contributed by atoms with E-state index in [4.69, 9.17) is 5.11 Å². The minimum atomic E-state index is -0.937. The number of carboxylic acids is 1. The van der Waals surface area contributed by atoms with Crippen molar-refractivity contribution in [2.24, 2.45) is 0 Å². The maximum atomic E-state index is 11.0. The molecule has 0 spiro atoms. The molecule has 0 atom stereocenters. The number of nitrogens with one attached hydrogen (secondary N) is 1. The second-order valence-corrected chi connectivity index (χ2v) is 4.34. The number of rotatable bonds is 7. The number of carbonyl (C=O) groups is 1. The highest BCUT2D eigenvalue weighted by Crippen LogP contribution is 2.11. The Morgan fingerprint density at radius 1 is 1.45 bits per heavy atom. The average molecular weight is 275 g/mol. The molecule has 0 aromatic carbocycles. The summed E-state index contributed by atoms with van der Waals surface area (Å²) in [6, 6.07) is 3.15. The Morgan fingerprint density at radius 2 is 2.30 bits per heavy atom. The molecular weight excluding hydrogens is 258 g/mol. The second-order valence-electron chi connectivity index (χ2n) is 4.34. The molecule has 0 aliphatic rings. The van der Waals surface area contributed by atoms with Gasteiger partial charge in [0.05, 0.1) is 11.8 Å². The Labute approximate surface area is 116 Å². The second kappa shape index (κ2) is 6.65. The number of pyridine rings is 1. The fraction of sp³-hybridized carbons (Fsp3) is 0.385. The van der Waals surface area contributed by atoms with E-state index in [2.05, 4.69) is 20.6 Å². The van der Waals surface area contributed by atoms with E-state index in [1.54, 1.807) is 29.2 Å². The summed E-state index contributed by atoms with van der Waals surface area (Å²) < 4.78 is 1.75. The normalized spacial score (nSPS) is 10.4. The van der Waals surface area contributed by atoms with Crippen molar-refractivity contribution in [3.8, 4) is 0 Å². The third-order valence-electron chi connectivity index (χ3n) is 2.83. The number of carboxylic acid groups (broad SMARTS) is 1. The molecule has 0 amide bonds. The topological polar surface area (TPSA) is 92.9 Å². The average Bonchev–Trinajstić information content (AvgIpc) is 2.96. The van der Waals surface area contributed by atoms with Crippen LogP contribution < -0.4 is 5.32 Å². The van der Waals surface area contributed by atoms with Crippen LogP contribution in [0.2, 0.25) is 0 Å². The van der Waals surface area contributed by atoms with Crippen molar-refractivity contribution in [3.63, 3.8) is 0 Å². The maximum Gasteiger partial charge on any atom is 0.335 e. The lowest BCUT2D eigenvalue weighted by Gasteiger charge is -2.08. The molecule has 20 heavy (non-hydrogen) atoms. The Bertz CT molecular complexity index is 568. The van der Waals surface area contributed by atoms with Crippen LogP contribution in [0.15, 0.2) is 24.5 Å². The van der Waals surface area contributed by atoms with Gasteiger partial charge in [0.15, 0.2) is 0 Å². The van der Waals surface area contributed by atoms with Crippen LogP contribution in [-0.2, 0) is 13.0 Å². The van der Waals surface area contributed by atoms with Gasteiger partial charge in [0, 0.05) is 25.0 Å². The first kappa shape index (κ1) is 14.0. The first-order chi connectivity index (χ1) is 9.69. The predicted molar refractivity (Wildman–Crippen MR) is 73.7 cm³/mol. The summed E-state index contributed by atoms with van der Waals surface area (Å²) in [5.41, 5.74) is 1.03. The van der Waals surface area contributed by atoms with Crippen molar-refractivity contribution in [2.45, 2.75) is 26.3 Å². The lowest BCUT2D eigenvalue weighted by atomic mass is 10.2. The van der Waals surface area contributed by atoms with Crippen molar-refractivity contribution < 1.29 is 9.90 Å². The Hall–Kier alpha value is -2.44. The Morgan fingerprint density at radius 3 is 2.95 bits per heavy atom. The molecule has 2 heterocycles. The van der Waals surface area contributed by atoms with Gasteiger partial charge in [0.25, 0.3) is 0 Å². The fourth-order valence-corrected chi connectivity index (χ4v) is 1.79. The van der Waals surface area contributed by atoms with E-state index in [0.29, 0.717) is 18.8 Å². The highest BCUT2D eigenvalue weighted by molar-refractivity contribution is 5.88. The monoisotopic (exact) mass is 275 g/mol. The van der Waals surface area contributed by atoms with Gasteiger partial charge in [-0.2, -0.15) is 0 Å². The summed E-state index contributed by atoms with van der Waals surface area (Å²) in [4.78, 5) is 15.4. The molecule has 0 aliphatic heterocycles. The number of hydrogen-bond acceptors (Lipinski definition) is 5. The summed E-state index contributed by atoms with van der Waals surface area (Å²) in [5, 5.41) is 19.8. The molecule has 7 nitrogen and oxygen atoms in total. The van der Waals surface area contributed by atoms with E-state index >= 15 is 0 Å². The van der Waals surface area contributed by atoms with E-state index in [1.807, 2.05) is 6.92 Å². The SMILES string of the molecule is CCc1cc(C(=O)O)cc(NCCCn2ccnn2)n1. The Kier molecular flexibility index (Phi) is 4.65. The molecule has 2 aromatic rings. The van der Waals surface area contributed by atoms with Gasteiger partial charge in [-0.25, -0.2) is 9.78 Å². The van der Waals surface area contributed by atoms with Crippen LogP contribution in [0, 0.1) is 0 Å². The number of aromatic carboxylic acids is 1. The van der Waals surface area contributed by atoms with Crippen LogP contribution >= 0.6 is 0 Å². The van der Waals surface area contributed by atoms with Crippen LogP contribution in [0.1, 0.15) is 29.4 Å². The predicted octanol–water partition coefficient (Wildman–Crippen LogP) is 1.44. The van der Waals surface area contributed by atoms with Crippen molar-refractivity contribution in [1.29, 1.82) is 0 Å². The third kappa shape index (κ3) is 3.78. The zero-order chi connectivity index (χ0) is 14.4. The molecule has 0 bridgehead atoms. The van der Waals surface area contributed by atoms with Crippen LogP contribution in [0.4, 0.5) is 5.82 Å². The molecule has 2 rings (SSSR count). The number of aromatic nitrogens is 4. The maximum absolute atomic E-state index is 11.0. The van der Waals surface area contributed by atoms with Crippen molar-refractivity contribution >= 4 is 11.8 Å². The summed E-state index contributed by atoms with van der Waals surface area (Å²) in [6.07, 6.45) is 5.00. The van der Waals surface area contributed by atoms with E-state index in [0.717, 1.165) is 18.7 Å². The van der Waals surface area contributed by atoms with Crippen LogP contribution in [0.25, 0.3) is 0 Å². The van der Waals surface area contributed by atoms with Crippen molar-refractivity contribution in [1.82, 2.24) is 20.0 Å². The van der Waals surface area contributed by atoms with E-state index in [9.17, 15) is 4.79 Å². The molecule has 0 unspecified atom stereocenters. The van der Waals surface area contributed by atoms with Gasteiger partial charge in [-0.05, 0) is 25.0 Å². The molecule has 0 fully saturated rings. The number of anilines is 1. The Balaban J connectivity index is 1.91. The molecular formula is C13H17N5O2. The molecule has 0 aliphatic carbocycles. The number of hydrogen-bond donors (Lipinski definition) is 2. The van der Waals surface area contributed by atoms with Gasteiger partial charge in [-0.3, -0.25) is 4.68 Å². The van der Waals surface area contributed by atoms with Crippen LogP contribution in [0.3, 0.4) is 0 Å². The van der Waals surface area contributed by atoms with Gasteiger partial charge in [-0.15, -0.1) is 5.10 Å². The van der Waals surface area contributed by atoms with Crippen LogP contribution in [0.5, 0.6) is 0 Å². The highest BCUT2D eigenvalue weighted by atomic mass is 16.4. The van der Waals surface area contributed by atoms with Crippen molar-refractivity contribution in [3.05, 3.63) is 35.8 Å². The largest absolute Gasteiger partial charge is 0.478 e. The fourth-order valence-electron chi connectivity index (χ4n) is 1.79. The van der Waals surface area contributed by atoms with E-state index in [1.165, 1.54) is 0 Å². The first-order valence-corrected chi connectivity index (χ1v) is 6.51. The zero-order valence-electron chi connectivity index (χ0n) is 11.3. The van der Waals surface area contributed by atoms with Crippen LogP contribution in [-0.4, -0.2) is 37.6 Å². The van der Waals surface area contributed by atoms with Gasteiger partial charge < -0.3 is 10.4 Å². The standard InChI is InChI=1S/C13H17N5O2/c1-2-11-8-10(13(19)20)9-12(16-11)14-4-3-6-18-7-5-15-17-18/h5,7-9H,2-4,6H2,1H3,(H,14,16)(H,19,20). The van der Waals surface area contributed by atoms with E-state index < -0.39 is 5.97 Å². The van der Waals surface area contributed by atoms with Gasteiger partial charge in [0.2, 0.25) is 0 Å². The first-order valence-electron chi connectivity index (χ1n) is 6.51. The summed E-state index contributed by atoms with van der Waals surface area (Å²) >= 11 is 0. The number of nitrogens with zero attached hydrogens (tertiary/aromatic N) is 4. The molecule has 106 valence electrons. The van der Waals surface area contributed by atoms with Gasteiger partial charge >= 0.3 is 5.97 Å². The third-order valence-corrected chi connectivity index (χ3v) is 2.83. The lowest BCUT2D eigenvalue weighted by Crippen LogP contribution is -2.10. The summed E-state index contributed by atoms with van der Waals surface area (Å²) in [7, 11) is 0.